The Bertz CT molecular complexity index is 681. The molecule has 0 aromatic carbocycles. The minimum absolute atomic E-state index is 0.128. The number of hydrogen-bond acceptors (Lipinski definition) is 4. The van der Waals surface area contributed by atoms with Crippen LogP contribution in [0.15, 0.2) is 12.4 Å². The number of likely N-dealkylation sites (tertiary alicyclic amines) is 1. The zero-order valence-corrected chi connectivity index (χ0v) is 14.4. The van der Waals surface area contributed by atoms with Gasteiger partial charge < -0.3 is 4.90 Å². The van der Waals surface area contributed by atoms with Crippen molar-refractivity contribution in [1.82, 2.24) is 19.4 Å². The SMILES string of the molecule is Cn1cc(C[C@H]2[C@H](NS(C)(=O)=O)CCN2C(=O)C2CCC2)cn1. The van der Waals surface area contributed by atoms with Crippen LogP contribution in [-0.2, 0) is 28.3 Å². The summed E-state index contributed by atoms with van der Waals surface area (Å²) in [5.74, 6) is 0.311. The van der Waals surface area contributed by atoms with Crippen LogP contribution in [0.25, 0.3) is 0 Å². The van der Waals surface area contributed by atoms with Gasteiger partial charge in [0.15, 0.2) is 0 Å². The summed E-state index contributed by atoms with van der Waals surface area (Å²) in [6.45, 7) is 0.619. The first-order chi connectivity index (χ1) is 10.8. The number of aromatic nitrogens is 2. The molecule has 0 unspecified atom stereocenters. The second-order valence-corrected chi connectivity index (χ2v) is 8.52. The van der Waals surface area contributed by atoms with E-state index in [1.165, 1.54) is 6.26 Å². The third kappa shape index (κ3) is 3.74. The van der Waals surface area contributed by atoms with Gasteiger partial charge >= 0.3 is 0 Å². The second-order valence-electron chi connectivity index (χ2n) is 6.74. The van der Waals surface area contributed by atoms with Crippen molar-refractivity contribution in [2.75, 3.05) is 12.8 Å². The lowest BCUT2D eigenvalue weighted by atomic mass is 9.84. The van der Waals surface area contributed by atoms with Crippen LogP contribution in [0.3, 0.4) is 0 Å². The number of amides is 1. The van der Waals surface area contributed by atoms with E-state index in [-0.39, 0.29) is 23.9 Å². The van der Waals surface area contributed by atoms with Crippen molar-refractivity contribution in [1.29, 1.82) is 0 Å². The van der Waals surface area contributed by atoms with Gasteiger partial charge in [-0.15, -0.1) is 0 Å². The van der Waals surface area contributed by atoms with Gasteiger partial charge in [0.25, 0.3) is 0 Å². The third-order valence-corrected chi connectivity index (χ3v) is 5.58. The molecule has 1 N–H and O–H groups in total. The van der Waals surface area contributed by atoms with Crippen LogP contribution in [0, 0.1) is 5.92 Å². The predicted molar refractivity (Wildman–Crippen MR) is 86.1 cm³/mol. The molecule has 2 atom stereocenters. The van der Waals surface area contributed by atoms with Gasteiger partial charge in [0.05, 0.1) is 18.5 Å². The highest BCUT2D eigenvalue weighted by Gasteiger charge is 2.41. The molecule has 1 aliphatic heterocycles. The van der Waals surface area contributed by atoms with Gasteiger partial charge in [-0.2, -0.15) is 5.10 Å². The molecule has 1 amide bonds. The number of rotatable bonds is 5. The average Bonchev–Trinajstić information content (AvgIpc) is 2.94. The average molecular weight is 340 g/mol. The number of sulfonamides is 1. The molecule has 8 heteroatoms. The van der Waals surface area contributed by atoms with E-state index in [1.807, 2.05) is 18.1 Å². The van der Waals surface area contributed by atoms with E-state index >= 15 is 0 Å². The Balaban J connectivity index is 1.79. The number of carbonyl (C=O) groups is 1. The fourth-order valence-corrected chi connectivity index (χ4v) is 4.33. The lowest BCUT2D eigenvalue weighted by Gasteiger charge is -2.34. The topological polar surface area (TPSA) is 84.3 Å². The van der Waals surface area contributed by atoms with Gasteiger partial charge in [0, 0.05) is 31.7 Å². The maximum atomic E-state index is 12.7. The number of nitrogens with zero attached hydrogens (tertiary/aromatic N) is 3. The van der Waals surface area contributed by atoms with Crippen LogP contribution in [-0.4, -0.2) is 53.9 Å². The largest absolute Gasteiger partial charge is 0.337 e. The molecule has 7 nitrogen and oxygen atoms in total. The van der Waals surface area contributed by atoms with Gasteiger partial charge in [0.1, 0.15) is 0 Å². The van der Waals surface area contributed by atoms with Gasteiger partial charge in [-0.1, -0.05) is 6.42 Å². The fraction of sp³-hybridized carbons (Fsp3) is 0.733. The molecule has 3 rings (SSSR count). The highest BCUT2D eigenvalue weighted by Crippen LogP contribution is 2.32. The molecule has 1 aromatic heterocycles. The monoisotopic (exact) mass is 340 g/mol. The lowest BCUT2D eigenvalue weighted by Crippen LogP contribution is -2.49. The first kappa shape index (κ1) is 16.4. The Kier molecular flexibility index (Phi) is 4.46. The standard InChI is InChI=1S/C15H24N4O3S/c1-18-10-11(9-16-18)8-14-13(17-23(2,21)22)6-7-19(14)15(20)12-4-3-5-12/h9-10,12-14,17H,3-8H2,1-2H3/t13-,14+/m1/s1. The van der Waals surface area contributed by atoms with Crippen molar-refractivity contribution in [3.8, 4) is 0 Å². The Morgan fingerprint density at radius 1 is 1.39 bits per heavy atom. The summed E-state index contributed by atoms with van der Waals surface area (Å²) in [4.78, 5) is 14.6. The van der Waals surface area contributed by atoms with Crippen molar-refractivity contribution >= 4 is 15.9 Å². The summed E-state index contributed by atoms with van der Waals surface area (Å²) >= 11 is 0. The highest BCUT2D eigenvalue weighted by atomic mass is 32.2. The fourth-order valence-electron chi connectivity index (χ4n) is 3.50. The van der Waals surface area contributed by atoms with E-state index in [1.54, 1.807) is 10.9 Å². The van der Waals surface area contributed by atoms with Gasteiger partial charge in [-0.05, 0) is 31.2 Å². The zero-order chi connectivity index (χ0) is 16.6. The molecule has 0 radical (unpaired) electrons. The van der Waals surface area contributed by atoms with Crippen molar-refractivity contribution in [2.45, 2.75) is 44.2 Å². The maximum Gasteiger partial charge on any atom is 0.225 e. The Labute approximate surface area is 137 Å². The minimum atomic E-state index is -3.30. The summed E-state index contributed by atoms with van der Waals surface area (Å²) in [7, 11) is -1.45. The molecule has 0 spiro atoms. The summed E-state index contributed by atoms with van der Waals surface area (Å²) in [6, 6.07) is -0.365. The van der Waals surface area contributed by atoms with Gasteiger partial charge in [0.2, 0.25) is 15.9 Å². The van der Waals surface area contributed by atoms with E-state index in [0.717, 1.165) is 24.8 Å². The summed E-state index contributed by atoms with van der Waals surface area (Å²) in [5.41, 5.74) is 1.02. The number of aryl methyl sites for hydroxylation is 1. The van der Waals surface area contributed by atoms with Crippen LogP contribution in [0.2, 0.25) is 0 Å². The van der Waals surface area contributed by atoms with E-state index in [2.05, 4.69) is 9.82 Å². The van der Waals surface area contributed by atoms with Crippen molar-refractivity contribution < 1.29 is 13.2 Å². The predicted octanol–water partition coefficient (Wildman–Crippen LogP) is 0.281. The van der Waals surface area contributed by atoms with Crippen LogP contribution >= 0.6 is 0 Å². The first-order valence-corrected chi connectivity index (χ1v) is 9.98. The molecule has 23 heavy (non-hydrogen) atoms. The molecule has 2 aliphatic rings. The maximum absolute atomic E-state index is 12.7. The first-order valence-electron chi connectivity index (χ1n) is 8.09. The van der Waals surface area contributed by atoms with Crippen molar-refractivity contribution in [2.24, 2.45) is 13.0 Å². The third-order valence-electron chi connectivity index (χ3n) is 4.85. The van der Waals surface area contributed by atoms with E-state index < -0.39 is 10.0 Å². The Morgan fingerprint density at radius 3 is 2.65 bits per heavy atom. The van der Waals surface area contributed by atoms with Crippen LogP contribution in [0.4, 0.5) is 0 Å². The molecule has 1 aliphatic carbocycles. The number of hydrogen-bond donors (Lipinski definition) is 1. The highest BCUT2D eigenvalue weighted by molar-refractivity contribution is 7.88. The number of nitrogens with one attached hydrogen (secondary N) is 1. The molecule has 0 bridgehead atoms. The van der Waals surface area contributed by atoms with Gasteiger partial charge in [-0.3, -0.25) is 9.48 Å². The summed E-state index contributed by atoms with van der Waals surface area (Å²) in [6.07, 6.45) is 9.19. The van der Waals surface area contributed by atoms with Crippen LogP contribution in [0.5, 0.6) is 0 Å². The molecule has 2 heterocycles. The van der Waals surface area contributed by atoms with E-state index in [4.69, 9.17) is 0 Å². The normalized spacial score (nSPS) is 25.6. The summed E-state index contributed by atoms with van der Waals surface area (Å²) in [5, 5.41) is 4.17. The molecular weight excluding hydrogens is 316 g/mol. The minimum Gasteiger partial charge on any atom is -0.337 e. The van der Waals surface area contributed by atoms with E-state index in [9.17, 15) is 13.2 Å². The van der Waals surface area contributed by atoms with Crippen molar-refractivity contribution in [3.63, 3.8) is 0 Å². The zero-order valence-electron chi connectivity index (χ0n) is 13.6. The van der Waals surface area contributed by atoms with E-state index in [0.29, 0.717) is 19.4 Å². The molecule has 1 saturated carbocycles. The van der Waals surface area contributed by atoms with Crippen LogP contribution < -0.4 is 4.72 Å². The molecule has 1 aromatic rings. The molecule has 1 saturated heterocycles. The lowest BCUT2D eigenvalue weighted by molar-refractivity contribution is -0.139. The molecule has 2 fully saturated rings. The molecule has 128 valence electrons. The van der Waals surface area contributed by atoms with Gasteiger partial charge in [-0.25, -0.2) is 13.1 Å². The Hall–Kier alpha value is -1.41. The summed E-state index contributed by atoms with van der Waals surface area (Å²) < 4.78 is 27.7. The second kappa shape index (κ2) is 6.24. The Morgan fingerprint density at radius 2 is 2.13 bits per heavy atom. The van der Waals surface area contributed by atoms with Crippen LogP contribution in [0.1, 0.15) is 31.2 Å². The smallest absolute Gasteiger partial charge is 0.225 e. The molecular formula is C15H24N4O3S. The van der Waals surface area contributed by atoms with Crippen molar-refractivity contribution in [3.05, 3.63) is 18.0 Å². The quantitative estimate of drug-likeness (QED) is 0.834. The number of carbonyl (C=O) groups excluding carboxylic acids is 1.